The number of likely N-dealkylation sites (tertiary alicyclic amines) is 1. The summed E-state index contributed by atoms with van der Waals surface area (Å²) in [6.07, 6.45) is 2.17. The number of rotatable bonds is 1. The lowest BCUT2D eigenvalue weighted by Gasteiger charge is -2.34. The minimum atomic E-state index is -0.681. The second-order valence-corrected chi connectivity index (χ2v) is 3.38. The summed E-state index contributed by atoms with van der Waals surface area (Å²) in [5, 5.41) is 8.84. The van der Waals surface area contributed by atoms with Crippen molar-refractivity contribution in [2.75, 3.05) is 13.6 Å². The minimum absolute atomic E-state index is 0.260. The van der Waals surface area contributed by atoms with Crippen molar-refractivity contribution in [3.05, 3.63) is 0 Å². The van der Waals surface area contributed by atoms with Gasteiger partial charge < -0.3 is 5.11 Å². The molecule has 3 heteroatoms. The van der Waals surface area contributed by atoms with Crippen LogP contribution in [0.15, 0.2) is 0 Å². The molecule has 0 bridgehead atoms. The first kappa shape index (κ1) is 8.53. The summed E-state index contributed by atoms with van der Waals surface area (Å²) in [6, 6.07) is -0.260. The zero-order chi connectivity index (χ0) is 8.43. The maximum absolute atomic E-state index is 10.7. The molecule has 0 amide bonds. The van der Waals surface area contributed by atoms with Crippen LogP contribution < -0.4 is 0 Å². The monoisotopic (exact) mass is 157 g/mol. The van der Waals surface area contributed by atoms with Gasteiger partial charge in [0, 0.05) is 0 Å². The van der Waals surface area contributed by atoms with E-state index in [0.717, 1.165) is 19.4 Å². The Bertz CT molecular complexity index is 148. The van der Waals surface area contributed by atoms with Gasteiger partial charge in [-0.15, -0.1) is 0 Å². The summed E-state index contributed by atoms with van der Waals surface area (Å²) in [5.74, 6) is -0.383. The van der Waals surface area contributed by atoms with Gasteiger partial charge >= 0.3 is 5.97 Å². The van der Waals surface area contributed by atoms with Crippen LogP contribution in [-0.4, -0.2) is 35.6 Å². The molecule has 0 saturated carbocycles. The molecule has 0 aromatic heterocycles. The van der Waals surface area contributed by atoms with E-state index in [1.54, 1.807) is 0 Å². The minimum Gasteiger partial charge on any atom is -0.480 e. The second-order valence-electron chi connectivity index (χ2n) is 3.38. The summed E-state index contributed by atoms with van der Waals surface area (Å²) < 4.78 is 0. The molecule has 0 aromatic rings. The van der Waals surface area contributed by atoms with Crippen molar-refractivity contribution in [1.29, 1.82) is 0 Å². The summed E-state index contributed by atoms with van der Waals surface area (Å²) in [4.78, 5) is 12.7. The second kappa shape index (κ2) is 3.22. The van der Waals surface area contributed by atoms with Crippen molar-refractivity contribution in [1.82, 2.24) is 4.90 Å². The lowest BCUT2D eigenvalue weighted by atomic mass is 9.91. The highest BCUT2D eigenvalue weighted by Gasteiger charge is 2.31. The SMILES string of the molecule is CC1CCCN(C)C1C(=O)O. The number of likely N-dealkylation sites (N-methyl/N-ethyl adjacent to an activating group) is 1. The molecular weight excluding hydrogens is 142 g/mol. The van der Waals surface area contributed by atoms with Crippen LogP contribution in [-0.2, 0) is 4.79 Å². The molecule has 1 rings (SSSR count). The van der Waals surface area contributed by atoms with E-state index >= 15 is 0 Å². The normalized spacial score (nSPS) is 33.6. The number of hydrogen-bond donors (Lipinski definition) is 1. The molecule has 11 heavy (non-hydrogen) atoms. The molecule has 1 fully saturated rings. The Balaban J connectivity index is 2.62. The maximum Gasteiger partial charge on any atom is 0.321 e. The van der Waals surface area contributed by atoms with Gasteiger partial charge in [-0.25, -0.2) is 0 Å². The average molecular weight is 157 g/mol. The predicted octanol–water partition coefficient (Wildman–Crippen LogP) is 0.801. The van der Waals surface area contributed by atoms with Gasteiger partial charge in [0.05, 0.1) is 0 Å². The first-order valence-electron chi connectivity index (χ1n) is 4.06. The number of carboxylic acid groups (broad SMARTS) is 1. The fourth-order valence-corrected chi connectivity index (χ4v) is 1.83. The molecule has 0 aromatic carbocycles. The number of carboxylic acids is 1. The third-order valence-corrected chi connectivity index (χ3v) is 2.44. The molecule has 0 radical (unpaired) electrons. The van der Waals surface area contributed by atoms with Gasteiger partial charge in [0.2, 0.25) is 0 Å². The molecule has 1 aliphatic heterocycles. The first-order chi connectivity index (χ1) is 5.13. The van der Waals surface area contributed by atoms with Crippen LogP contribution in [0, 0.1) is 5.92 Å². The van der Waals surface area contributed by atoms with Crippen molar-refractivity contribution in [2.24, 2.45) is 5.92 Å². The molecule has 2 atom stereocenters. The summed E-state index contributed by atoms with van der Waals surface area (Å²) in [7, 11) is 1.88. The Morgan fingerprint density at radius 3 is 2.64 bits per heavy atom. The van der Waals surface area contributed by atoms with Gasteiger partial charge in [-0.3, -0.25) is 9.69 Å². The number of carbonyl (C=O) groups is 1. The van der Waals surface area contributed by atoms with Gasteiger partial charge in [-0.05, 0) is 32.4 Å². The van der Waals surface area contributed by atoms with E-state index in [4.69, 9.17) is 5.11 Å². The molecule has 3 nitrogen and oxygen atoms in total. The summed E-state index contributed by atoms with van der Waals surface area (Å²) in [5.41, 5.74) is 0. The van der Waals surface area contributed by atoms with Crippen LogP contribution >= 0.6 is 0 Å². The topological polar surface area (TPSA) is 40.5 Å². The van der Waals surface area contributed by atoms with Crippen LogP contribution in [0.5, 0.6) is 0 Å². The van der Waals surface area contributed by atoms with E-state index in [2.05, 4.69) is 0 Å². The molecule has 0 spiro atoms. The fraction of sp³-hybridized carbons (Fsp3) is 0.875. The molecular formula is C8H15NO2. The Morgan fingerprint density at radius 2 is 2.27 bits per heavy atom. The van der Waals surface area contributed by atoms with Gasteiger partial charge in [0.25, 0.3) is 0 Å². The Kier molecular flexibility index (Phi) is 2.49. The summed E-state index contributed by atoms with van der Waals surface area (Å²) >= 11 is 0. The molecule has 0 aliphatic carbocycles. The van der Waals surface area contributed by atoms with Crippen LogP contribution in [0.4, 0.5) is 0 Å². The quantitative estimate of drug-likeness (QED) is 0.612. The Hall–Kier alpha value is -0.570. The lowest BCUT2D eigenvalue weighted by molar-refractivity contribution is -0.145. The standard InChI is InChI=1S/C8H15NO2/c1-6-4-3-5-9(2)7(6)8(10)11/h6-7H,3-5H2,1-2H3,(H,10,11). The van der Waals surface area contributed by atoms with Gasteiger partial charge in [-0.2, -0.15) is 0 Å². The smallest absolute Gasteiger partial charge is 0.321 e. The van der Waals surface area contributed by atoms with Crippen molar-refractivity contribution < 1.29 is 9.90 Å². The zero-order valence-corrected chi connectivity index (χ0v) is 7.08. The Morgan fingerprint density at radius 1 is 1.64 bits per heavy atom. The zero-order valence-electron chi connectivity index (χ0n) is 7.08. The Labute approximate surface area is 67.0 Å². The molecule has 1 saturated heterocycles. The number of nitrogens with zero attached hydrogens (tertiary/aromatic N) is 1. The van der Waals surface area contributed by atoms with Crippen LogP contribution in [0.3, 0.4) is 0 Å². The lowest BCUT2D eigenvalue weighted by Crippen LogP contribution is -2.46. The van der Waals surface area contributed by atoms with Crippen molar-refractivity contribution in [3.63, 3.8) is 0 Å². The van der Waals surface area contributed by atoms with Gasteiger partial charge in [0.15, 0.2) is 0 Å². The van der Waals surface area contributed by atoms with E-state index in [0.29, 0.717) is 5.92 Å². The summed E-state index contributed by atoms with van der Waals surface area (Å²) in [6.45, 7) is 2.93. The van der Waals surface area contributed by atoms with Crippen molar-refractivity contribution >= 4 is 5.97 Å². The van der Waals surface area contributed by atoms with Gasteiger partial charge in [-0.1, -0.05) is 6.92 Å². The largest absolute Gasteiger partial charge is 0.480 e. The van der Waals surface area contributed by atoms with Crippen LogP contribution in [0.2, 0.25) is 0 Å². The molecule has 1 aliphatic rings. The van der Waals surface area contributed by atoms with E-state index in [1.807, 2.05) is 18.9 Å². The highest BCUT2D eigenvalue weighted by molar-refractivity contribution is 5.73. The molecule has 2 unspecified atom stereocenters. The van der Waals surface area contributed by atoms with Crippen LogP contribution in [0.1, 0.15) is 19.8 Å². The van der Waals surface area contributed by atoms with Gasteiger partial charge in [0.1, 0.15) is 6.04 Å². The highest BCUT2D eigenvalue weighted by atomic mass is 16.4. The van der Waals surface area contributed by atoms with E-state index in [-0.39, 0.29) is 6.04 Å². The maximum atomic E-state index is 10.7. The third kappa shape index (κ3) is 1.71. The molecule has 1 N–H and O–H groups in total. The number of hydrogen-bond acceptors (Lipinski definition) is 2. The fourth-order valence-electron chi connectivity index (χ4n) is 1.83. The van der Waals surface area contributed by atoms with E-state index in [1.165, 1.54) is 0 Å². The van der Waals surface area contributed by atoms with Crippen molar-refractivity contribution in [3.8, 4) is 0 Å². The first-order valence-corrected chi connectivity index (χ1v) is 4.06. The highest BCUT2D eigenvalue weighted by Crippen LogP contribution is 2.21. The predicted molar refractivity (Wildman–Crippen MR) is 42.5 cm³/mol. The molecule has 1 heterocycles. The van der Waals surface area contributed by atoms with Crippen molar-refractivity contribution in [2.45, 2.75) is 25.8 Å². The molecule has 64 valence electrons. The van der Waals surface area contributed by atoms with Crippen LogP contribution in [0.25, 0.3) is 0 Å². The third-order valence-electron chi connectivity index (χ3n) is 2.44. The average Bonchev–Trinajstić information content (AvgIpc) is 1.85. The van der Waals surface area contributed by atoms with E-state index < -0.39 is 5.97 Å². The number of piperidine rings is 1. The number of aliphatic carboxylic acids is 1. The van der Waals surface area contributed by atoms with E-state index in [9.17, 15) is 4.79 Å².